The first-order valence-electron chi connectivity index (χ1n) is 12.6. The molecule has 7 nitrogen and oxygen atoms in total. The largest absolute Gasteiger partial charge is 0.493 e. The van der Waals surface area contributed by atoms with Crippen LogP contribution in [0, 0.1) is 24.7 Å². The molecule has 2 aliphatic rings. The highest BCUT2D eigenvalue weighted by Gasteiger charge is 2.32. The lowest BCUT2D eigenvalue weighted by atomic mass is 9.78. The summed E-state index contributed by atoms with van der Waals surface area (Å²) < 4.78 is 16.7. The molecule has 7 heteroatoms. The fourth-order valence-corrected chi connectivity index (χ4v) is 5.32. The SMILES string of the molecule is COc1ccc(-c2nc(CN3CCC(C(=O)N[C@@H]4CCC[C@H](C)[C@@H]4C)CC3)c(C)o2)cc1OC. The van der Waals surface area contributed by atoms with Gasteiger partial charge in [0, 0.05) is 24.1 Å². The molecule has 1 amide bonds. The lowest BCUT2D eigenvalue weighted by Crippen LogP contribution is -2.48. The Morgan fingerprint density at radius 3 is 2.56 bits per heavy atom. The molecule has 0 spiro atoms. The van der Waals surface area contributed by atoms with E-state index in [0.717, 1.165) is 55.9 Å². The van der Waals surface area contributed by atoms with Crippen LogP contribution in [0.2, 0.25) is 0 Å². The van der Waals surface area contributed by atoms with E-state index in [4.69, 9.17) is 18.9 Å². The van der Waals surface area contributed by atoms with Crippen molar-refractivity contribution in [3.8, 4) is 23.0 Å². The summed E-state index contributed by atoms with van der Waals surface area (Å²) in [6, 6.07) is 6.00. The lowest BCUT2D eigenvalue weighted by Gasteiger charge is -2.36. The van der Waals surface area contributed by atoms with E-state index in [1.54, 1.807) is 14.2 Å². The van der Waals surface area contributed by atoms with Crippen LogP contribution in [0.1, 0.15) is 57.4 Å². The normalized spacial score (nSPS) is 24.1. The third-order valence-electron chi connectivity index (χ3n) is 7.89. The van der Waals surface area contributed by atoms with Crippen molar-refractivity contribution in [2.24, 2.45) is 17.8 Å². The highest BCUT2D eigenvalue weighted by Crippen LogP contribution is 2.33. The third kappa shape index (κ3) is 5.40. The number of hydrogen-bond donors (Lipinski definition) is 1. The molecule has 1 aromatic carbocycles. The van der Waals surface area contributed by atoms with Crippen LogP contribution in [0.15, 0.2) is 22.6 Å². The van der Waals surface area contributed by atoms with E-state index < -0.39 is 0 Å². The van der Waals surface area contributed by atoms with Crippen molar-refractivity contribution in [2.45, 2.75) is 65.5 Å². The molecule has 2 aromatic rings. The summed E-state index contributed by atoms with van der Waals surface area (Å²) in [5.74, 6) is 4.34. The number of hydrogen-bond acceptors (Lipinski definition) is 6. The molecule has 2 fully saturated rings. The van der Waals surface area contributed by atoms with Crippen LogP contribution in [0.4, 0.5) is 0 Å². The number of methoxy groups -OCH3 is 2. The van der Waals surface area contributed by atoms with Crippen LogP contribution in [-0.4, -0.2) is 49.1 Å². The number of carbonyl (C=O) groups excluding carboxylic acids is 1. The smallest absolute Gasteiger partial charge is 0.226 e. The van der Waals surface area contributed by atoms with Gasteiger partial charge in [0.15, 0.2) is 11.5 Å². The number of ether oxygens (including phenoxy) is 2. The molecule has 2 heterocycles. The number of oxazole rings is 1. The van der Waals surface area contributed by atoms with Crippen molar-refractivity contribution < 1.29 is 18.7 Å². The molecule has 186 valence electrons. The van der Waals surface area contributed by atoms with Crippen LogP contribution >= 0.6 is 0 Å². The predicted molar refractivity (Wildman–Crippen MR) is 132 cm³/mol. The first kappa shape index (κ1) is 24.6. The number of aryl methyl sites for hydroxylation is 1. The van der Waals surface area contributed by atoms with Crippen molar-refractivity contribution >= 4 is 5.91 Å². The van der Waals surface area contributed by atoms with Gasteiger partial charge in [-0.2, -0.15) is 0 Å². The van der Waals surface area contributed by atoms with Gasteiger partial charge in [0.05, 0.1) is 19.9 Å². The van der Waals surface area contributed by atoms with Gasteiger partial charge < -0.3 is 19.2 Å². The lowest BCUT2D eigenvalue weighted by molar-refractivity contribution is -0.128. The average Bonchev–Trinajstić information content (AvgIpc) is 3.21. The van der Waals surface area contributed by atoms with Crippen molar-refractivity contribution in [3.05, 3.63) is 29.7 Å². The molecular weight excluding hydrogens is 430 g/mol. The number of nitrogens with zero attached hydrogens (tertiary/aromatic N) is 2. The molecule has 1 aliphatic heterocycles. The monoisotopic (exact) mass is 469 g/mol. The number of carbonyl (C=O) groups is 1. The Morgan fingerprint density at radius 2 is 1.85 bits per heavy atom. The minimum Gasteiger partial charge on any atom is -0.493 e. The molecule has 0 bridgehead atoms. The highest BCUT2D eigenvalue weighted by molar-refractivity contribution is 5.79. The fourth-order valence-electron chi connectivity index (χ4n) is 5.32. The summed E-state index contributed by atoms with van der Waals surface area (Å²) in [7, 11) is 3.24. The van der Waals surface area contributed by atoms with Gasteiger partial charge in [0.25, 0.3) is 0 Å². The van der Waals surface area contributed by atoms with E-state index in [1.807, 2.05) is 25.1 Å². The van der Waals surface area contributed by atoms with E-state index in [0.29, 0.717) is 35.3 Å². The molecule has 4 rings (SSSR count). The Hall–Kier alpha value is -2.54. The number of rotatable bonds is 7. The zero-order valence-corrected chi connectivity index (χ0v) is 21.2. The van der Waals surface area contributed by atoms with E-state index in [2.05, 4.69) is 24.1 Å². The second kappa shape index (κ2) is 10.8. The van der Waals surface area contributed by atoms with Crippen LogP contribution in [0.3, 0.4) is 0 Å². The maximum Gasteiger partial charge on any atom is 0.226 e. The van der Waals surface area contributed by atoms with Gasteiger partial charge in [-0.15, -0.1) is 0 Å². The first-order valence-corrected chi connectivity index (χ1v) is 12.6. The van der Waals surface area contributed by atoms with Crippen molar-refractivity contribution in [1.82, 2.24) is 15.2 Å². The summed E-state index contributed by atoms with van der Waals surface area (Å²) >= 11 is 0. The van der Waals surface area contributed by atoms with Crippen LogP contribution in [0.5, 0.6) is 11.5 Å². The number of aromatic nitrogens is 1. The van der Waals surface area contributed by atoms with Gasteiger partial charge >= 0.3 is 0 Å². The first-order chi connectivity index (χ1) is 16.4. The van der Waals surface area contributed by atoms with Gasteiger partial charge in [-0.25, -0.2) is 4.98 Å². The number of benzene rings is 1. The van der Waals surface area contributed by atoms with Crippen LogP contribution in [-0.2, 0) is 11.3 Å². The quantitative estimate of drug-likeness (QED) is 0.627. The molecule has 34 heavy (non-hydrogen) atoms. The zero-order valence-electron chi connectivity index (χ0n) is 21.2. The topological polar surface area (TPSA) is 76.8 Å². The predicted octanol–water partition coefficient (Wildman–Crippen LogP) is 4.82. The number of nitrogens with one attached hydrogen (secondary N) is 1. The Kier molecular flexibility index (Phi) is 7.81. The summed E-state index contributed by atoms with van der Waals surface area (Å²) in [6.45, 7) is 9.07. The Morgan fingerprint density at radius 1 is 1.12 bits per heavy atom. The van der Waals surface area contributed by atoms with E-state index in [-0.39, 0.29) is 11.8 Å². The van der Waals surface area contributed by atoms with Crippen LogP contribution in [0.25, 0.3) is 11.5 Å². The maximum absolute atomic E-state index is 12.9. The van der Waals surface area contributed by atoms with Gasteiger partial charge in [-0.1, -0.05) is 26.7 Å². The second-order valence-corrected chi connectivity index (χ2v) is 10.0. The van der Waals surface area contributed by atoms with Crippen molar-refractivity contribution in [2.75, 3.05) is 27.3 Å². The summed E-state index contributed by atoms with van der Waals surface area (Å²) in [5, 5.41) is 3.38. The molecule has 1 aromatic heterocycles. The highest BCUT2D eigenvalue weighted by atomic mass is 16.5. The molecule has 0 unspecified atom stereocenters. The third-order valence-corrected chi connectivity index (χ3v) is 7.89. The minimum absolute atomic E-state index is 0.112. The fraction of sp³-hybridized carbons (Fsp3) is 0.630. The van der Waals surface area contributed by atoms with Crippen molar-refractivity contribution in [3.63, 3.8) is 0 Å². The average molecular weight is 470 g/mol. The van der Waals surface area contributed by atoms with E-state index in [9.17, 15) is 4.79 Å². The molecule has 1 aliphatic carbocycles. The second-order valence-electron chi connectivity index (χ2n) is 10.0. The van der Waals surface area contributed by atoms with Gasteiger partial charge in [-0.3, -0.25) is 9.69 Å². The number of likely N-dealkylation sites (tertiary alicyclic amines) is 1. The molecule has 3 atom stereocenters. The van der Waals surface area contributed by atoms with E-state index in [1.165, 1.54) is 12.8 Å². The maximum atomic E-state index is 12.9. The molecule has 1 saturated carbocycles. The van der Waals surface area contributed by atoms with Crippen LogP contribution < -0.4 is 14.8 Å². The summed E-state index contributed by atoms with van der Waals surface area (Å²) in [5.41, 5.74) is 1.80. The Bertz CT molecular complexity index is 980. The summed E-state index contributed by atoms with van der Waals surface area (Å²) in [6.07, 6.45) is 5.39. The molecule has 1 N–H and O–H groups in total. The Labute approximate surface area is 203 Å². The molecule has 1 saturated heterocycles. The zero-order chi connectivity index (χ0) is 24.2. The van der Waals surface area contributed by atoms with Gasteiger partial charge in [-0.05, 0) is 69.3 Å². The van der Waals surface area contributed by atoms with E-state index >= 15 is 0 Å². The Balaban J connectivity index is 1.32. The standard InChI is InChI=1S/C27H39N3O4/c1-17-7-6-8-22(18(17)2)28-26(31)20-11-13-30(14-12-20)16-23-19(3)34-27(29-23)21-9-10-24(32-4)25(15-21)33-5/h9-10,15,17-18,20,22H,6-8,11-14,16H2,1-5H3,(H,28,31)/t17-,18-,22+/m0/s1. The number of piperidine rings is 1. The molecular formula is C27H39N3O4. The number of amides is 1. The van der Waals surface area contributed by atoms with Crippen molar-refractivity contribution in [1.29, 1.82) is 0 Å². The van der Waals surface area contributed by atoms with Gasteiger partial charge in [0.1, 0.15) is 5.76 Å². The summed E-state index contributed by atoms with van der Waals surface area (Å²) in [4.78, 5) is 20.1. The van der Waals surface area contributed by atoms with Gasteiger partial charge in [0.2, 0.25) is 11.8 Å². The molecule has 0 radical (unpaired) electrons. The minimum atomic E-state index is 0.112.